The van der Waals surface area contributed by atoms with Crippen molar-refractivity contribution < 1.29 is 4.52 Å². The standard InChI is InChI=1S/C19H23BrN4O/c20-14-3-10-21-15(11-14)22-12-18-4-7-19(8-5-18,9-6-18)17-23-16(24-25-17)13-1-2-13/h3,10-11,13H,1-2,4-9,12H2,(H,21,22). The fourth-order valence-electron chi connectivity index (χ4n) is 4.59. The first kappa shape index (κ1) is 15.8. The van der Waals surface area contributed by atoms with Crippen LogP contribution < -0.4 is 5.32 Å². The van der Waals surface area contributed by atoms with Crippen molar-refractivity contribution in [2.45, 2.75) is 62.7 Å². The van der Waals surface area contributed by atoms with Gasteiger partial charge in [-0.05, 0) is 68.9 Å². The van der Waals surface area contributed by atoms with E-state index >= 15 is 0 Å². The maximum Gasteiger partial charge on any atom is 0.232 e. The second-order valence-corrected chi connectivity index (χ2v) is 9.14. The molecule has 0 atom stereocenters. The summed E-state index contributed by atoms with van der Waals surface area (Å²) in [7, 11) is 0. The van der Waals surface area contributed by atoms with Gasteiger partial charge in [0.1, 0.15) is 5.82 Å². The van der Waals surface area contributed by atoms with Gasteiger partial charge >= 0.3 is 0 Å². The van der Waals surface area contributed by atoms with Crippen LogP contribution in [0.5, 0.6) is 0 Å². The van der Waals surface area contributed by atoms with E-state index in [1.165, 1.54) is 51.4 Å². The van der Waals surface area contributed by atoms with E-state index in [9.17, 15) is 0 Å². The van der Waals surface area contributed by atoms with Gasteiger partial charge in [-0.25, -0.2) is 4.98 Å². The number of anilines is 1. The van der Waals surface area contributed by atoms with Gasteiger partial charge in [0, 0.05) is 28.5 Å². The zero-order chi connectivity index (χ0) is 16.9. The van der Waals surface area contributed by atoms with Crippen molar-refractivity contribution in [3.8, 4) is 0 Å². The second kappa shape index (κ2) is 5.79. The van der Waals surface area contributed by atoms with E-state index in [2.05, 4.69) is 31.4 Å². The van der Waals surface area contributed by atoms with Crippen LogP contribution in [0.2, 0.25) is 0 Å². The van der Waals surface area contributed by atoms with Crippen LogP contribution in [0.1, 0.15) is 69.0 Å². The summed E-state index contributed by atoms with van der Waals surface area (Å²) >= 11 is 3.51. The largest absolute Gasteiger partial charge is 0.369 e. The van der Waals surface area contributed by atoms with E-state index in [1.807, 2.05) is 18.3 Å². The first-order chi connectivity index (χ1) is 12.2. The highest BCUT2D eigenvalue weighted by atomic mass is 79.9. The number of rotatable bonds is 5. The highest BCUT2D eigenvalue weighted by Gasteiger charge is 2.52. The SMILES string of the molecule is Brc1ccnc(NCC23CCC(c4nc(C5CC5)no4)(CC2)CC3)c1. The van der Waals surface area contributed by atoms with Crippen LogP contribution in [0, 0.1) is 5.41 Å². The summed E-state index contributed by atoms with van der Waals surface area (Å²) in [5, 5.41) is 7.81. The molecule has 0 aromatic carbocycles. The lowest BCUT2D eigenvalue weighted by Gasteiger charge is -2.51. The zero-order valence-corrected chi connectivity index (χ0v) is 15.9. The Bertz CT molecular complexity index is 761. The van der Waals surface area contributed by atoms with Crippen molar-refractivity contribution in [2.24, 2.45) is 5.41 Å². The highest BCUT2D eigenvalue weighted by molar-refractivity contribution is 9.10. The van der Waals surface area contributed by atoms with E-state index in [1.54, 1.807) is 0 Å². The molecule has 1 N–H and O–H groups in total. The molecule has 0 saturated heterocycles. The summed E-state index contributed by atoms with van der Waals surface area (Å²) in [6.07, 6.45) is 11.5. The monoisotopic (exact) mass is 402 g/mol. The van der Waals surface area contributed by atoms with Gasteiger partial charge in [-0.3, -0.25) is 0 Å². The summed E-state index contributed by atoms with van der Waals surface area (Å²) in [4.78, 5) is 9.20. The second-order valence-electron chi connectivity index (χ2n) is 8.23. The highest BCUT2D eigenvalue weighted by Crippen LogP contribution is 2.57. The number of nitrogens with zero attached hydrogens (tertiary/aromatic N) is 3. The third kappa shape index (κ3) is 2.88. The van der Waals surface area contributed by atoms with Crippen LogP contribution in [-0.2, 0) is 5.41 Å². The van der Waals surface area contributed by atoms with Crippen molar-refractivity contribution in [1.29, 1.82) is 0 Å². The minimum Gasteiger partial charge on any atom is -0.369 e. The van der Waals surface area contributed by atoms with Crippen LogP contribution in [0.4, 0.5) is 5.82 Å². The Balaban J connectivity index is 1.26. The predicted octanol–water partition coefficient (Wildman–Crippen LogP) is 4.81. The first-order valence-electron chi connectivity index (χ1n) is 9.36. The number of fused-ring (bicyclic) bond motifs is 3. The van der Waals surface area contributed by atoms with Gasteiger partial charge < -0.3 is 9.84 Å². The van der Waals surface area contributed by atoms with Gasteiger partial charge in [0.2, 0.25) is 5.89 Å². The molecule has 6 rings (SSSR count). The summed E-state index contributed by atoms with van der Waals surface area (Å²) in [6, 6.07) is 4.00. The zero-order valence-electron chi connectivity index (χ0n) is 14.3. The van der Waals surface area contributed by atoms with Gasteiger partial charge in [0.25, 0.3) is 0 Å². The van der Waals surface area contributed by atoms with Gasteiger partial charge in [-0.15, -0.1) is 0 Å². The minimum atomic E-state index is 0.149. The Morgan fingerprint density at radius 2 is 1.92 bits per heavy atom. The molecule has 0 amide bonds. The molecule has 132 valence electrons. The molecule has 6 heteroatoms. The lowest BCUT2D eigenvalue weighted by molar-refractivity contribution is 0.0321. The Kier molecular flexibility index (Phi) is 3.66. The third-order valence-corrected chi connectivity index (χ3v) is 7.10. The average Bonchev–Trinajstić information content (AvgIpc) is 3.38. The molecule has 2 aromatic rings. The molecule has 4 aliphatic rings. The summed E-state index contributed by atoms with van der Waals surface area (Å²) < 4.78 is 6.77. The summed E-state index contributed by atoms with van der Waals surface area (Å²) in [5.41, 5.74) is 0.543. The molecular weight excluding hydrogens is 380 g/mol. The van der Waals surface area contributed by atoms with E-state index in [-0.39, 0.29) is 5.41 Å². The van der Waals surface area contributed by atoms with Crippen LogP contribution in [0.15, 0.2) is 27.3 Å². The fourth-order valence-corrected chi connectivity index (χ4v) is 4.92. The maximum atomic E-state index is 5.71. The average molecular weight is 403 g/mol. The van der Waals surface area contributed by atoms with Gasteiger partial charge in [0.05, 0.1) is 0 Å². The quantitative estimate of drug-likeness (QED) is 0.777. The molecule has 5 nitrogen and oxygen atoms in total. The molecule has 0 radical (unpaired) electrons. The van der Waals surface area contributed by atoms with E-state index in [4.69, 9.17) is 9.51 Å². The molecular formula is C19H23BrN4O. The molecule has 2 aromatic heterocycles. The predicted molar refractivity (Wildman–Crippen MR) is 98.5 cm³/mol. The summed E-state index contributed by atoms with van der Waals surface area (Å²) in [5.74, 6) is 3.40. The van der Waals surface area contributed by atoms with E-state index in [0.717, 1.165) is 28.6 Å². The lowest BCUT2D eigenvalue weighted by atomic mass is 9.53. The van der Waals surface area contributed by atoms with Crippen LogP contribution in [0.3, 0.4) is 0 Å². The third-order valence-electron chi connectivity index (χ3n) is 6.61. The molecule has 4 aliphatic carbocycles. The van der Waals surface area contributed by atoms with Crippen molar-refractivity contribution >= 4 is 21.7 Å². The topological polar surface area (TPSA) is 63.8 Å². The number of nitrogens with one attached hydrogen (secondary N) is 1. The van der Waals surface area contributed by atoms with Crippen LogP contribution in [0.25, 0.3) is 0 Å². The van der Waals surface area contributed by atoms with Gasteiger partial charge in [-0.2, -0.15) is 4.98 Å². The van der Waals surface area contributed by atoms with Crippen LogP contribution >= 0.6 is 15.9 Å². The molecule has 0 aliphatic heterocycles. The number of pyridine rings is 1. The molecule has 4 saturated carbocycles. The van der Waals surface area contributed by atoms with Gasteiger partial charge in [-0.1, -0.05) is 21.1 Å². The Morgan fingerprint density at radius 3 is 2.60 bits per heavy atom. The Morgan fingerprint density at radius 1 is 1.16 bits per heavy atom. The number of hydrogen-bond acceptors (Lipinski definition) is 5. The summed E-state index contributed by atoms with van der Waals surface area (Å²) in [6.45, 7) is 1.00. The Labute approximate surface area is 156 Å². The van der Waals surface area contributed by atoms with Crippen molar-refractivity contribution in [1.82, 2.24) is 15.1 Å². The number of halogens is 1. The van der Waals surface area contributed by atoms with Crippen molar-refractivity contribution in [2.75, 3.05) is 11.9 Å². The van der Waals surface area contributed by atoms with E-state index in [0.29, 0.717) is 11.3 Å². The smallest absolute Gasteiger partial charge is 0.232 e. The molecule has 0 unspecified atom stereocenters. The normalized spacial score (nSPS) is 31.2. The van der Waals surface area contributed by atoms with Crippen molar-refractivity contribution in [3.63, 3.8) is 0 Å². The van der Waals surface area contributed by atoms with Crippen LogP contribution in [-0.4, -0.2) is 21.7 Å². The molecule has 0 spiro atoms. The van der Waals surface area contributed by atoms with E-state index < -0.39 is 0 Å². The fraction of sp³-hybridized carbons (Fsp3) is 0.632. The minimum absolute atomic E-state index is 0.149. The molecule has 4 fully saturated rings. The lowest BCUT2D eigenvalue weighted by Crippen LogP contribution is -2.47. The van der Waals surface area contributed by atoms with Crippen molar-refractivity contribution in [3.05, 3.63) is 34.5 Å². The number of aromatic nitrogens is 3. The molecule has 2 bridgehead atoms. The van der Waals surface area contributed by atoms with Gasteiger partial charge in [0.15, 0.2) is 5.82 Å². The Hall–Kier alpha value is -1.43. The maximum absolute atomic E-state index is 5.71. The molecule has 25 heavy (non-hydrogen) atoms. The molecule has 2 heterocycles. The number of hydrogen-bond donors (Lipinski definition) is 1. The first-order valence-corrected chi connectivity index (χ1v) is 10.2.